The predicted octanol–water partition coefficient (Wildman–Crippen LogP) is 5.12. The van der Waals surface area contributed by atoms with Crippen LogP contribution in [0.5, 0.6) is 0 Å². The first-order valence-corrected chi connectivity index (χ1v) is 8.54. The molecule has 1 N–H and O–H groups in total. The molecule has 2 aromatic rings. The van der Waals surface area contributed by atoms with Crippen molar-refractivity contribution in [3.8, 4) is 0 Å². The summed E-state index contributed by atoms with van der Waals surface area (Å²) in [6.45, 7) is 4.33. The van der Waals surface area contributed by atoms with Gasteiger partial charge in [0.1, 0.15) is 0 Å². The van der Waals surface area contributed by atoms with E-state index < -0.39 is 0 Å². The highest BCUT2D eigenvalue weighted by Gasteiger charge is 2.11. The molecule has 1 atom stereocenters. The molecular formula is C17H22ClNS. The molecule has 1 heterocycles. The van der Waals surface area contributed by atoms with E-state index in [1.807, 2.05) is 23.5 Å². The Bertz CT molecular complexity index is 478. The fraction of sp³-hybridized carbons (Fsp3) is 0.412. The predicted molar refractivity (Wildman–Crippen MR) is 90.0 cm³/mol. The maximum absolute atomic E-state index is 5.99. The van der Waals surface area contributed by atoms with Crippen molar-refractivity contribution in [2.75, 3.05) is 13.1 Å². The van der Waals surface area contributed by atoms with E-state index in [1.54, 1.807) is 0 Å². The van der Waals surface area contributed by atoms with Gasteiger partial charge in [0, 0.05) is 16.4 Å². The zero-order valence-electron chi connectivity index (χ0n) is 11.9. The Morgan fingerprint density at radius 2 is 2.00 bits per heavy atom. The van der Waals surface area contributed by atoms with Crippen LogP contribution < -0.4 is 5.32 Å². The summed E-state index contributed by atoms with van der Waals surface area (Å²) in [5.74, 6) is 0.556. The van der Waals surface area contributed by atoms with Gasteiger partial charge in [0.2, 0.25) is 0 Å². The van der Waals surface area contributed by atoms with E-state index in [0.717, 1.165) is 24.5 Å². The van der Waals surface area contributed by atoms with Gasteiger partial charge in [-0.1, -0.05) is 36.7 Å². The van der Waals surface area contributed by atoms with Crippen molar-refractivity contribution in [2.24, 2.45) is 0 Å². The minimum atomic E-state index is 0.556. The lowest BCUT2D eigenvalue weighted by Gasteiger charge is -2.18. The third kappa shape index (κ3) is 4.93. The number of thiophene rings is 1. The van der Waals surface area contributed by atoms with Crippen molar-refractivity contribution >= 4 is 22.9 Å². The van der Waals surface area contributed by atoms with E-state index in [9.17, 15) is 0 Å². The fourth-order valence-corrected chi connectivity index (χ4v) is 3.20. The molecule has 0 saturated heterocycles. The molecule has 0 spiro atoms. The lowest BCUT2D eigenvalue weighted by molar-refractivity contribution is 0.550. The molecule has 0 bridgehead atoms. The SMILES string of the molecule is CCCNCC(CCc1cccs1)c1ccc(Cl)cc1. The summed E-state index contributed by atoms with van der Waals surface area (Å²) in [4.78, 5) is 1.47. The summed E-state index contributed by atoms with van der Waals surface area (Å²) < 4.78 is 0. The summed E-state index contributed by atoms with van der Waals surface area (Å²) in [6, 6.07) is 12.7. The topological polar surface area (TPSA) is 12.0 Å². The van der Waals surface area contributed by atoms with Gasteiger partial charge in [-0.3, -0.25) is 0 Å². The zero-order chi connectivity index (χ0) is 14.2. The van der Waals surface area contributed by atoms with E-state index >= 15 is 0 Å². The van der Waals surface area contributed by atoms with E-state index in [4.69, 9.17) is 11.6 Å². The van der Waals surface area contributed by atoms with E-state index in [1.165, 1.54) is 23.3 Å². The van der Waals surface area contributed by atoms with Gasteiger partial charge < -0.3 is 5.32 Å². The summed E-state index contributed by atoms with van der Waals surface area (Å²) in [6.07, 6.45) is 3.51. The van der Waals surface area contributed by atoms with Crippen LogP contribution in [0.1, 0.15) is 36.1 Å². The normalized spacial score (nSPS) is 12.5. The van der Waals surface area contributed by atoms with Crippen LogP contribution in [0.3, 0.4) is 0 Å². The molecule has 0 amide bonds. The molecule has 2 rings (SSSR count). The zero-order valence-corrected chi connectivity index (χ0v) is 13.5. The van der Waals surface area contributed by atoms with Crippen molar-refractivity contribution in [1.29, 1.82) is 0 Å². The number of aryl methyl sites for hydroxylation is 1. The van der Waals surface area contributed by atoms with Crippen LogP contribution in [0.25, 0.3) is 0 Å². The fourth-order valence-electron chi connectivity index (χ4n) is 2.35. The molecule has 1 aromatic carbocycles. The molecule has 0 saturated carbocycles. The number of rotatable bonds is 8. The summed E-state index contributed by atoms with van der Waals surface area (Å²) in [5.41, 5.74) is 1.38. The van der Waals surface area contributed by atoms with Gasteiger partial charge in [0.15, 0.2) is 0 Å². The summed E-state index contributed by atoms with van der Waals surface area (Å²) in [5, 5.41) is 6.52. The minimum Gasteiger partial charge on any atom is -0.316 e. The molecule has 3 heteroatoms. The highest BCUT2D eigenvalue weighted by atomic mass is 35.5. The smallest absolute Gasteiger partial charge is 0.0406 e. The highest BCUT2D eigenvalue weighted by molar-refractivity contribution is 7.09. The second-order valence-electron chi connectivity index (χ2n) is 5.07. The van der Waals surface area contributed by atoms with Crippen molar-refractivity contribution < 1.29 is 0 Å². The Labute approximate surface area is 131 Å². The Balaban J connectivity index is 1.97. The second kappa shape index (κ2) is 8.46. The number of hydrogen-bond acceptors (Lipinski definition) is 2. The van der Waals surface area contributed by atoms with Gasteiger partial charge in [-0.15, -0.1) is 11.3 Å². The molecule has 108 valence electrons. The molecule has 0 aliphatic rings. The quantitative estimate of drug-likeness (QED) is 0.668. The van der Waals surface area contributed by atoms with Crippen molar-refractivity contribution in [1.82, 2.24) is 5.32 Å². The molecule has 0 fully saturated rings. The highest BCUT2D eigenvalue weighted by Crippen LogP contribution is 2.24. The molecule has 0 aliphatic carbocycles. The van der Waals surface area contributed by atoms with E-state index in [0.29, 0.717) is 5.92 Å². The van der Waals surface area contributed by atoms with Crippen molar-refractivity contribution in [3.63, 3.8) is 0 Å². The Morgan fingerprint density at radius 3 is 2.65 bits per heavy atom. The molecule has 1 nitrogen and oxygen atoms in total. The third-order valence-corrected chi connectivity index (χ3v) is 4.67. The Kier molecular flexibility index (Phi) is 6.58. The van der Waals surface area contributed by atoms with Gasteiger partial charge in [-0.2, -0.15) is 0 Å². The number of nitrogens with one attached hydrogen (secondary N) is 1. The molecule has 1 unspecified atom stereocenters. The van der Waals surface area contributed by atoms with Gasteiger partial charge in [-0.05, 0) is 60.9 Å². The van der Waals surface area contributed by atoms with Crippen LogP contribution >= 0.6 is 22.9 Å². The van der Waals surface area contributed by atoms with Crippen LogP contribution in [-0.2, 0) is 6.42 Å². The summed E-state index contributed by atoms with van der Waals surface area (Å²) in [7, 11) is 0. The van der Waals surface area contributed by atoms with Gasteiger partial charge >= 0.3 is 0 Å². The Hall–Kier alpha value is -0.830. The first-order chi connectivity index (χ1) is 9.79. The molecular weight excluding hydrogens is 286 g/mol. The first-order valence-electron chi connectivity index (χ1n) is 7.28. The van der Waals surface area contributed by atoms with Crippen LogP contribution in [0, 0.1) is 0 Å². The number of benzene rings is 1. The van der Waals surface area contributed by atoms with Crippen molar-refractivity contribution in [2.45, 2.75) is 32.1 Å². The second-order valence-corrected chi connectivity index (χ2v) is 6.54. The molecule has 20 heavy (non-hydrogen) atoms. The maximum atomic E-state index is 5.99. The average molecular weight is 308 g/mol. The van der Waals surface area contributed by atoms with E-state index in [2.05, 4.69) is 41.9 Å². The van der Waals surface area contributed by atoms with Crippen molar-refractivity contribution in [3.05, 3.63) is 57.2 Å². The molecule has 0 aliphatic heterocycles. The monoisotopic (exact) mass is 307 g/mol. The Morgan fingerprint density at radius 1 is 1.20 bits per heavy atom. The number of halogens is 1. The lowest BCUT2D eigenvalue weighted by Crippen LogP contribution is -2.22. The van der Waals surface area contributed by atoms with Gasteiger partial charge in [0.25, 0.3) is 0 Å². The largest absolute Gasteiger partial charge is 0.316 e. The average Bonchev–Trinajstić information content (AvgIpc) is 2.97. The van der Waals surface area contributed by atoms with Crippen LogP contribution in [-0.4, -0.2) is 13.1 Å². The first kappa shape index (κ1) is 15.6. The van der Waals surface area contributed by atoms with Gasteiger partial charge in [-0.25, -0.2) is 0 Å². The van der Waals surface area contributed by atoms with Crippen LogP contribution in [0.4, 0.5) is 0 Å². The van der Waals surface area contributed by atoms with Crippen LogP contribution in [0.2, 0.25) is 5.02 Å². The minimum absolute atomic E-state index is 0.556. The number of hydrogen-bond donors (Lipinski definition) is 1. The van der Waals surface area contributed by atoms with Gasteiger partial charge in [0.05, 0.1) is 0 Å². The molecule has 0 radical (unpaired) electrons. The molecule has 1 aromatic heterocycles. The maximum Gasteiger partial charge on any atom is 0.0406 e. The van der Waals surface area contributed by atoms with E-state index in [-0.39, 0.29) is 0 Å². The lowest BCUT2D eigenvalue weighted by atomic mass is 9.94. The summed E-state index contributed by atoms with van der Waals surface area (Å²) >= 11 is 7.84. The van der Waals surface area contributed by atoms with Crippen LogP contribution in [0.15, 0.2) is 41.8 Å². The third-order valence-electron chi connectivity index (χ3n) is 3.48. The standard InChI is InChI=1S/C17H22ClNS/c1-2-11-19-13-15(7-10-17-4-3-12-20-17)14-5-8-16(18)9-6-14/h3-6,8-9,12,15,19H,2,7,10-11,13H2,1H3.